The summed E-state index contributed by atoms with van der Waals surface area (Å²) in [6.07, 6.45) is 0. The molecule has 1 unspecified atom stereocenters. The molecule has 0 radical (unpaired) electrons. The average molecular weight is 226 g/mol. The molecule has 0 aromatic heterocycles. The summed E-state index contributed by atoms with van der Waals surface area (Å²) < 4.78 is 0. The molecule has 0 heterocycles. The van der Waals surface area contributed by atoms with Gasteiger partial charge in [-0.1, -0.05) is 31.5 Å². The third-order valence-corrected chi connectivity index (χ3v) is 3.15. The van der Waals surface area contributed by atoms with E-state index in [4.69, 9.17) is 11.6 Å². The molecule has 84 valence electrons. The normalized spacial score (nSPS) is 13.2. The second-order valence-electron chi connectivity index (χ2n) is 4.48. The van der Waals surface area contributed by atoms with Crippen LogP contribution in [0.2, 0.25) is 5.02 Å². The molecular weight excluding hydrogens is 206 g/mol. The summed E-state index contributed by atoms with van der Waals surface area (Å²) in [4.78, 5) is 0. The molecule has 0 aliphatic rings. The number of hydrogen-bond acceptors (Lipinski definition) is 1. The Hall–Kier alpha value is -0.530. The molecule has 1 N–H and O–H groups in total. The SMILES string of the molecule is Cc1cc(Cl)ccc1CNC(C)C(C)C. The first-order valence-corrected chi connectivity index (χ1v) is 5.87. The summed E-state index contributed by atoms with van der Waals surface area (Å²) in [5.74, 6) is 0.664. The highest BCUT2D eigenvalue weighted by Crippen LogP contribution is 2.15. The van der Waals surface area contributed by atoms with Crippen LogP contribution in [0.4, 0.5) is 0 Å². The van der Waals surface area contributed by atoms with E-state index in [1.54, 1.807) is 0 Å². The van der Waals surface area contributed by atoms with Gasteiger partial charge in [-0.15, -0.1) is 0 Å². The van der Waals surface area contributed by atoms with E-state index in [1.807, 2.05) is 12.1 Å². The average Bonchev–Trinajstić information content (AvgIpc) is 2.15. The molecule has 0 amide bonds. The Balaban J connectivity index is 2.58. The monoisotopic (exact) mass is 225 g/mol. The zero-order valence-electron chi connectivity index (χ0n) is 9.97. The molecule has 0 aliphatic heterocycles. The molecule has 2 heteroatoms. The molecular formula is C13H20ClN. The largest absolute Gasteiger partial charge is 0.310 e. The summed E-state index contributed by atoms with van der Waals surface area (Å²) in [5.41, 5.74) is 2.58. The van der Waals surface area contributed by atoms with Crippen molar-refractivity contribution in [2.45, 2.75) is 40.3 Å². The fourth-order valence-electron chi connectivity index (χ4n) is 1.36. The van der Waals surface area contributed by atoms with Gasteiger partial charge in [0.2, 0.25) is 0 Å². The Kier molecular flexibility index (Phi) is 4.62. The summed E-state index contributed by atoms with van der Waals surface area (Å²) >= 11 is 5.91. The molecule has 0 bridgehead atoms. The lowest BCUT2D eigenvalue weighted by molar-refractivity contribution is 0.426. The number of halogens is 1. The first kappa shape index (κ1) is 12.5. The van der Waals surface area contributed by atoms with E-state index in [-0.39, 0.29) is 0 Å². The lowest BCUT2D eigenvalue weighted by atomic mass is 10.0. The summed E-state index contributed by atoms with van der Waals surface area (Å²) in [7, 11) is 0. The lowest BCUT2D eigenvalue weighted by Gasteiger charge is -2.18. The molecule has 1 rings (SSSR count). The van der Waals surface area contributed by atoms with Crippen LogP contribution in [0.5, 0.6) is 0 Å². The minimum Gasteiger partial charge on any atom is -0.310 e. The standard InChI is InChI=1S/C13H20ClN/c1-9(2)11(4)15-8-12-5-6-13(14)7-10(12)3/h5-7,9,11,15H,8H2,1-4H3. The molecule has 0 saturated heterocycles. The van der Waals surface area contributed by atoms with E-state index in [1.165, 1.54) is 11.1 Å². The van der Waals surface area contributed by atoms with Crippen molar-refractivity contribution < 1.29 is 0 Å². The highest BCUT2D eigenvalue weighted by molar-refractivity contribution is 6.30. The van der Waals surface area contributed by atoms with Crippen LogP contribution in [0.15, 0.2) is 18.2 Å². The van der Waals surface area contributed by atoms with E-state index >= 15 is 0 Å². The van der Waals surface area contributed by atoms with E-state index in [0.29, 0.717) is 12.0 Å². The van der Waals surface area contributed by atoms with Gasteiger partial charge in [0.15, 0.2) is 0 Å². The van der Waals surface area contributed by atoms with Gasteiger partial charge >= 0.3 is 0 Å². The fourth-order valence-corrected chi connectivity index (χ4v) is 1.59. The van der Waals surface area contributed by atoms with Crippen molar-refractivity contribution in [2.24, 2.45) is 5.92 Å². The molecule has 15 heavy (non-hydrogen) atoms. The number of rotatable bonds is 4. The Morgan fingerprint density at radius 3 is 2.47 bits per heavy atom. The van der Waals surface area contributed by atoms with Gasteiger partial charge in [0.05, 0.1) is 0 Å². The van der Waals surface area contributed by atoms with Crippen LogP contribution in [0.3, 0.4) is 0 Å². The van der Waals surface area contributed by atoms with E-state index in [2.05, 4.69) is 39.1 Å². The number of hydrogen-bond donors (Lipinski definition) is 1. The summed E-state index contributed by atoms with van der Waals surface area (Å²) in [6, 6.07) is 6.60. The minimum atomic E-state index is 0.542. The topological polar surface area (TPSA) is 12.0 Å². The lowest BCUT2D eigenvalue weighted by Crippen LogP contribution is -2.30. The predicted molar refractivity (Wildman–Crippen MR) is 67.3 cm³/mol. The van der Waals surface area contributed by atoms with Crippen molar-refractivity contribution in [1.29, 1.82) is 0 Å². The first-order chi connectivity index (χ1) is 7.00. The maximum Gasteiger partial charge on any atom is 0.0408 e. The van der Waals surface area contributed by atoms with Gasteiger partial charge in [0, 0.05) is 17.6 Å². The molecule has 1 atom stereocenters. The highest BCUT2D eigenvalue weighted by atomic mass is 35.5. The maximum absolute atomic E-state index is 5.91. The minimum absolute atomic E-state index is 0.542. The fraction of sp³-hybridized carbons (Fsp3) is 0.538. The van der Waals surface area contributed by atoms with Crippen LogP contribution < -0.4 is 5.32 Å². The molecule has 0 fully saturated rings. The van der Waals surface area contributed by atoms with Crippen LogP contribution >= 0.6 is 11.6 Å². The van der Waals surface area contributed by atoms with Gasteiger partial charge in [-0.2, -0.15) is 0 Å². The zero-order valence-corrected chi connectivity index (χ0v) is 10.7. The highest BCUT2D eigenvalue weighted by Gasteiger charge is 2.06. The Labute approximate surface area is 97.8 Å². The smallest absolute Gasteiger partial charge is 0.0408 e. The van der Waals surface area contributed by atoms with Crippen molar-refractivity contribution >= 4 is 11.6 Å². The molecule has 0 spiro atoms. The number of aryl methyl sites for hydroxylation is 1. The van der Waals surface area contributed by atoms with Gasteiger partial charge in [-0.25, -0.2) is 0 Å². The first-order valence-electron chi connectivity index (χ1n) is 5.49. The van der Waals surface area contributed by atoms with E-state index in [9.17, 15) is 0 Å². The van der Waals surface area contributed by atoms with Crippen molar-refractivity contribution in [3.63, 3.8) is 0 Å². The van der Waals surface area contributed by atoms with Crippen molar-refractivity contribution in [3.8, 4) is 0 Å². The number of nitrogens with one attached hydrogen (secondary N) is 1. The quantitative estimate of drug-likeness (QED) is 0.823. The molecule has 1 aromatic rings. The van der Waals surface area contributed by atoms with Crippen LogP contribution in [0, 0.1) is 12.8 Å². The van der Waals surface area contributed by atoms with Gasteiger partial charge in [0.1, 0.15) is 0 Å². The van der Waals surface area contributed by atoms with Crippen LogP contribution in [0.1, 0.15) is 31.9 Å². The van der Waals surface area contributed by atoms with Gasteiger partial charge in [0.25, 0.3) is 0 Å². The van der Waals surface area contributed by atoms with Gasteiger partial charge in [-0.3, -0.25) is 0 Å². The number of benzene rings is 1. The molecule has 0 aliphatic carbocycles. The van der Waals surface area contributed by atoms with Crippen LogP contribution in [-0.2, 0) is 6.54 Å². The maximum atomic E-state index is 5.91. The van der Waals surface area contributed by atoms with E-state index < -0.39 is 0 Å². The Morgan fingerprint density at radius 2 is 1.93 bits per heavy atom. The van der Waals surface area contributed by atoms with E-state index in [0.717, 1.165) is 11.6 Å². The van der Waals surface area contributed by atoms with Crippen molar-refractivity contribution in [2.75, 3.05) is 0 Å². The molecule has 1 aromatic carbocycles. The molecule has 1 nitrogen and oxygen atoms in total. The summed E-state index contributed by atoms with van der Waals surface area (Å²) in [5, 5.41) is 4.33. The second-order valence-corrected chi connectivity index (χ2v) is 4.92. The van der Waals surface area contributed by atoms with Crippen LogP contribution in [-0.4, -0.2) is 6.04 Å². The van der Waals surface area contributed by atoms with Crippen LogP contribution in [0.25, 0.3) is 0 Å². The predicted octanol–water partition coefficient (Wildman–Crippen LogP) is 3.78. The Bertz CT molecular complexity index is 320. The zero-order chi connectivity index (χ0) is 11.4. The van der Waals surface area contributed by atoms with Crippen molar-refractivity contribution in [1.82, 2.24) is 5.32 Å². The third kappa shape index (κ3) is 3.84. The second kappa shape index (κ2) is 5.53. The van der Waals surface area contributed by atoms with Gasteiger partial charge < -0.3 is 5.32 Å². The Morgan fingerprint density at radius 1 is 1.27 bits per heavy atom. The van der Waals surface area contributed by atoms with Crippen molar-refractivity contribution in [3.05, 3.63) is 34.3 Å². The van der Waals surface area contributed by atoms with Gasteiger partial charge in [-0.05, 0) is 43.0 Å². The molecule has 0 saturated carbocycles. The third-order valence-electron chi connectivity index (χ3n) is 2.92. The summed E-state index contributed by atoms with van der Waals surface area (Å²) in [6.45, 7) is 9.69.